The largest absolute Gasteiger partial charge is 0.490 e. The van der Waals surface area contributed by atoms with E-state index in [0.717, 1.165) is 25.0 Å². The van der Waals surface area contributed by atoms with Crippen molar-refractivity contribution < 1.29 is 23.0 Å². The minimum absolute atomic E-state index is 0.0269. The van der Waals surface area contributed by atoms with Crippen LogP contribution in [0.2, 0.25) is 0 Å². The Morgan fingerprint density at radius 3 is 2.55 bits per heavy atom. The second-order valence-corrected chi connectivity index (χ2v) is 8.18. The number of hydrogen-bond acceptors (Lipinski definition) is 3. The van der Waals surface area contributed by atoms with E-state index in [4.69, 9.17) is 4.74 Å². The van der Waals surface area contributed by atoms with Crippen LogP contribution in [0.1, 0.15) is 32.6 Å². The molecular weight excluding hydrogens is 379 g/mol. The van der Waals surface area contributed by atoms with Crippen molar-refractivity contribution in [3.8, 4) is 5.75 Å². The molecule has 0 spiro atoms. The lowest BCUT2D eigenvalue weighted by Gasteiger charge is -2.40. The van der Waals surface area contributed by atoms with Crippen LogP contribution in [0.3, 0.4) is 0 Å². The molecule has 5 atom stereocenters. The minimum Gasteiger partial charge on any atom is -0.490 e. The van der Waals surface area contributed by atoms with E-state index in [0.29, 0.717) is 13.0 Å². The fourth-order valence-corrected chi connectivity index (χ4v) is 4.21. The van der Waals surface area contributed by atoms with Gasteiger partial charge in [-0.05, 0) is 49.7 Å². The number of hydrogen-bond donors (Lipinski definition) is 1. The molecule has 1 aromatic carbocycles. The van der Waals surface area contributed by atoms with E-state index in [-0.39, 0.29) is 24.0 Å². The molecule has 0 aliphatic heterocycles. The van der Waals surface area contributed by atoms with Crippen molar-refractivity contribution in [3.05, 3.63) is 54.6 Å². The lowest BCUT2D eigenvalue weighted by Crippen LogP contribution is -2.50. The molecular formula is C23H30F3NO2. The first-order valence-electron chi connectivity index (χ1n) is 10.4. The number of ether oxygens (including phenoxy) is 1. The third-order valence-corrected chi connectivity index (χ3v) is 5.95. The highest BCUT2D eigenvalue weighted by atomic mass is 19.4. The number of halogens is 3. The van der Waals surface area contributed by atoms with Gasteiger partial charge in [-0.25, -0.2) is 0 Å². The van der Waals surface area contributed by atoms with Crippen LogP contribution in [-0.4, -0.2) is 47.5 Å². The van der Waals surface area contributed by atoms with Gasteiger partial charge < -0.3 is 9.84 Å². The standard InChI is InChI=1S/C23H30F3NO2/c1-17-8-5-6-9-18(17)15-27(16-22(28)23(24,25)26)19-10-7-13-21(14-19)29-20-11-3-2-4-12-20/h2-6,8-9,11-12,17-19,21-22,28H,7,10,13-16H2,1H3. The molecule has 0 radical (unpaired) electrons. The van der Waals surface area contributed by atoms with E-state index in [2.05, 4.69) is 19.1 Å². The smallest absolute Gasteiger partial charge is 0.415 e. The highest BCUT2D eigenvalue weighted by molar-refractivity contribution is 5.21. The Kier molecular flexibility index (Phi) is 7.41. The first-order chi connectivity index (χ1) is 13.8. The number of aliphatic hydroxyl groups excluding tert-OH is 1. The monoisotopic (exact) mass is 409 g/mol. The van der Waals surface area contributed by atoms with E-state index >= 15 is 0 Å². The SMILES string of the molecule is CC1C=CC=CC1CN(CC(O)C(F)(F)F)C1CCCC(Oc2ccccc2)C1. The van der Waals surface area contributed by atoms with Crippen LogP contribution in [-0.2, 0) is 0 Å². The molecule has 3 nitrogen and oxygen atoms in total. The van der Waals surface area contributed by atoms with Crippen LogP contribution in [0, 0.1) is 11.8 Å². The number of nitrogens with zero attached hydrogens (tertiary/aromatic N) is 1. The van der Waals surface area contributed by atoms with Crippen molar-refractivity contribution in [1.82, 2.24) is 4.90 Å². The normalized spacial score (nSPS) is 28.5. The number of alkyl halides is 3. The number of allylic oxidation sites excluding steroid dienone is 3. The third-order valence-electron chi connectivity index (χ3n) is 5.95. The lowest BCUT2D eigenvalue weighted by molar-refractivity contribution is -0.210. The van der Waals surface area contributed by atoms with Gasteiger partial charge in [-0.2, -0.15) is 13.2 Å². The van der Waals surface area contributed by atoms with Crippen molar-refractivity contribution in [3.63, 3.8) is 0 Å². The van der Waals surface area contributed by atoms with E-state index in [1.807, 2.05) is 47.4 Å². The molecule has 2 aliphatic rings. The van der Waals surface area contributed by atoms with Gasteiger partial charge >= 0.3 is 6.18 Å². The lowest BCUT2D eigenvalue weighted by atomic mass is 9.87. The summed E-state index contributed by atoms with van der Waals surface area (Å²) in [6.07, 6.45) is 4.35. The van der Waals surface area contributed by atoms with Gasteiger partial charge in [0.15, 0.2) is 6.10 Å². The molecule has 1 saturated carbocycles. The summed E-state index contributed by atoms with van der Waals surface area (Å²) in [5.41, 5.74) is 0. The third kappa shape index (κ3) is 6.34. The summed E-state index contributed by atoms with van der Waals surface area (Å²) >= 11 is 0. The van der Waals surface area contributed by atoms with E-state index in [1.165, 1.54) is 0 Å². The highest BCUT2D eigenvalue weighted by Crippen LogP contribution is 2.31. The summed E-state index contributed by atoms with van der Waals surface area (Å²) in [6.45, 7) is 2.18. The molecule has 0 aromatic heterocycles. The second-order valence-electron chi connectivity index (χ2n) is 8.18. The Labute approximate surface area is 170 Å². The molecule has 0 heterocycles. The molecule has 0 saturated heterocycles. The predicted octanol–water partition coefficient (Wildman–Crippen LogP) is 4.98. The van der Waals surface area contributed by atoms with Crippen LogP contribution >= 0.6 is 0 Å². The van der Waals surface area contributed by atoms with Gasteiger partial charge in [-0.1, -0.05) is 49.4 Å². The summed E-state index contributed by atoms with van der Waals surface area (Å²) in [6, 6.07) is 9.49. The summed E-state index contributed by atoms with van der Waals surface area (Å²) < 4.78 is 45.3. The summed E-state index contributed by atoms with van der Waals surface area (Å²) in [5.74, 6) is 1.18. The zero-order chi connectivity index (χ0) is 20.9. The van der Waals surface area contributed by atoms with E-state index in [9.17, 15) is 18.3 Å². The van der Waals surface area contributed by atoms with Crippen LogP contribution in [0.15, 0.2) is 54.6 Å². The Bertz CT molecular complexity index is 689. The molecule has 1 aromatic rings. The van der Waals surface area contributed by atoms with Gasteiger partial charge in [0, 0.05) is 19.1 Å². The van der Waals surface area contributed by atoms with Gasteiger partial charge in [0.05, 0.1) is 0 Å². The van der Waals surface area contributed by atoms with Gasteiger partial charge in [-0.3, -0.25) is 4.90 Å². The molecule has 5 unspecified atom stereocenters. The van der Waals surface area contributed by atoms with Crippen molar-refractivity contribution in [2.24, 2.45) is 11.8 Å². The van der Waals surface area contributed by atoms with E-state index < -0.39 is 18.8 Å². The Balaban J connectivity index is 1.69. The van der Waals surface area contributed by atoms with Crippen molar-refractivity contribution >= 4 is 0 Å². The summed E-state index contributed by atoms with van der Waals surface area (Å²) in [5, 5.41) is 9.75. The first kappa shape index (κ1) is 21.9. The Hall–Kier alpha value is -1.79. The molecule has 0 bridgehead atoms. The molecule has 160 valence electrons. The zero-order valence-corrected chi connectivity index (χ0v) is 16.8. The number of rotatable bonds is 7. The molecule has 2 aliphatic carbocycles. The summed E-state index contributed by atoms with van der Waals surface area (Å²) in [4.78, 5) is 1.84. The average molecular weight is 409 g/mol. The van der Waals surface area contributed by atoms with Crippen LogP contribution < -0.4 is 4.74 Å². The van der Waals surface area contributed by atoms with Gasteiger partial charge in [-0.15, -0.1) is 0 Å². The van der Waals surface area contributed by atoms with Crippen LogP contribution in [0.25, 0.3) is 0 Å². The van der Waals surface area contributed by atoms with Gasteiger partial charge in [0.2, 0.25) is 0 Å². The number of para-hydroxylation sites is 1. The summed E-state index contributed by atoms with van der Waals surface area (Å²) in [7, 11) is 0. The van der Waals surface area contributed by atoms with Gasteiger partial charge in [0.25, 0.3) is 0 Å². The highest BCUT2D eigenvalue weighted by Gasteiger charge is 2.41. The maximum Gasteiger partial charge on any atom is 0.415 e. The van der Waals surface area contributed by atoms with Gasteiger partial charge in [0.1, 0.15) is 11.9 Å². The molecule has 6 heteroatoms. The maximum atomic E-state index is 13.1. The fraction of sp³-hybridized carbons (Fsp3) is 0.565. The maximum absolute atomic E-state index is 13.1. The first-order valence-corrected chi connectivity index (χ1v) is 10.4. The molecule has 29 heavy (non-hydrogen) atoms. The topological polar surface area (TPSA) is 32.7 Å². The zero-order valence-electron chi connectivity index (χ0n) is 16.8. The average Bonchev–Trinajstić information content (AvgIpc) is 2.69. The van der Waals surface area contributed by atoms with Crippen molar-refractivity contribution in [1.29, 1.82) is 0 Å². The molecule has 1 N–H and O–H groups in total. The van der Waals surface area contributed by atoms with Crippen LogP contribution in [0.5, 0.6) is 5.75 Å². The number of aliphatic hydroxyl groups is 1. The quantitative estimate of drug-likeness (QED) is 0.689. The second kappa shape index (κ2) is 9.81. The Morgan fingerprint density at radius 1 is 1.14 bits per heavy atom. The van der Waals surface area contributed by atoms with Crippen LogP contribution in [0.4, 0.5) is 13.2 Å². The number of benzene rings is 1. The predicted molar refractivity (Wildman–Crippen MR) is 108 cm³/mol. The van der Waals surface area contributed by atoms with Crippen molar-refractivity contribution in [2.75, 3.05) is 13.1 Å². The van der Waals surface area contributed by atoms with Crippen molar-refractivity contribution in [2.45, 2.75) is 57.0 Å². The Morgan fingerprint density at radius 2 is 1.86 bits per heavy atom. The fourth-order valence-electron chi connectivity index (χ4n) is 4.21. The molecule has 1 fully saturated rings. The minimum atomic E-state index is -4.61. The molecule has 0 amide bonds. The van der Waals surface area contributed by atoms with E-state index in [1.54, 1.807) is 0 Å². The molecule has 3 rings (SSSR count).